The van der Waals surface area contributed by atoms with Gasteiger partial charge in [-0.15, -0.1) is 0 Å². The maximum absolute atomic E-state index is 12.8. The average Bonchev–Trinajstić information content (AvgIpc) is 2.73. The smallest absolute Gasteiger partial charge is 0.243 e. The van der Waals surface area contributed by atoms with Gasteiger partial charge in [0.15, 0.2) is 11.5 Å². The van der Waals surface area contributed by atoms with E-state index in [0.717, 1.165) is 5.69 Å². The third-order valence-corrected chi connectivity index (χ3v) is 6.69. The van der Waals surface area contributed by atoms with Crippen LogP contribution in [0.25, 0.3) is 0 Å². The van der Waals surface area contributed by atoms with Crippen LogP contribution < -0.4 is 19.1 Å². The van der Waals surface area contributed by atoms with Gasteiger partial charge in [-0.05, 0) is 12.1 Å². The van der Waals surface area contributed by atoms with Crippen molar-refractivity contribution in [2.24, 2.45) is 0 Å². The Morgan fingerprint density at radius 3 is 1.93 bits per heavy atom. The van der Waals surface area contributed by atoms with Crippen LogP contribution >= 0.6 is 0 Å². The minimum Gasteiger partial charge on any atom is -0.492 e. The predicted octanol–water partition coefficient (Wildman–Crippen LogP) is 0.933. The van der Waals surface area contributed by atoms with Crippen LogP contribution in [-0.4, -0.2) is 60.2 Å². The molecule has 1 saturated heterocycles. The summed E-state index contributed by atoms with van der Waals surface area (Å²) in [6.07, 6.45) is 0. The van der Waals surface area contributed by atoms with Crippen molar-refractivity contribution in [3.8, 4) is 17.2 Å². The van der Waals surface area contributed by atoms with Crippen LogP contribution in [0.1, 0.15) is 0 Å². The van der Waals surface area contributed by atoms with Crippen molar-refractivity contribution in [1.29, 1.82) is 0 Å². The highest BCUT2D eigenvalue weighted by molar-refractivity contribution is 7.89. The van der Waals surface area contributed by atoms with Gasteiger partial charge in [0, 0.05) is 12.1 Å². The van der Waals surface area contributed by atoms with Crippen molar-refractivity contribution in [2.75, 3.05) is 47.5 Å². The number of hydrogen-bond acceptors (Lipinski definition) is 5. The number of ether oxygens (including phenoxy) is 3. The summed E-state index contributed by atoms with van der Waals surface area (Å²) >= 11 is 0. The van der Waals surface area contributed by atoms with Crippen molar-refractivity contribution >= 4 is 15.7 Å². The quantitative estimate of drug-likeness (QED) is 0.791. The maximum atomic E-state index is 12.8. The number of rotatable bonds is 6. The topological polar surface area (TPSA) is 69.5 Å². The normalized spacial score (nSPS) is 16.1. The van der Waals surface area contributed by atoms with E-state index >= 15 is 0 Å². The molecule has 0 spiro atoms. The van der Waals surface area contributed by atoms with E-state index in [1.54, 1.807) is 49.9 Å². The average molecular weight is 393 g/mol. The standard InChI is InChI=1S/C19H24N2O5S/c1-24-17-13-15(14-18(25-2)19(17)26-3)20-9-11-21(12-10-20)27(22,23)16-7-5-4-6-8-16/h4-8,13-14H,9-12H2,1-3H3/p+1. The molecule has 2 aromatic rings. The van der Waals surface area contributed by atoms with E-state index in [-0.39, 0.29) is 0 Å². The highest BCUT2D eigenvalue weighted by Crippen LogP contribution is 2.39. The summed E-state index contributed by atoms with van der Waals surface area (Å²) in [6, 6.07) is 12.4. The van der Waals surface area contributed by atoms with Gasteiger partial charge in [0.25, 0.3) is 0 Å². The first-order valence-electron chi connectivity index (χ1n) is 8.71. The Hall–Kier alpha value is -2.29. The molecule has 0 amide bonds. The molecule has 3 rings (SSSR count). The van der Waals surface area contributed by atoms with Gasteiger partial charge in [0.1, 0.15) is 5.69 Å². The van der Waals surface area contributed by atoms with Crippen molar-refractivity contribution in [3.63, 3.8) is 0 Å². The lowest BCUT2D eigenvalue weighted by Gasteiger charge is -2.31. The van der Waals surface area contributed by atoms with Gasteiger partial charge in [0.05, 0.1) is 52.4 Å². The second kappa shape index (κ2) is 8.16. The summed E-state index contributed by atoms with van der Waals surface area (Å²) in [4.78, 5) is 1.51. The molecule has 8 heteroatoms. The lowest BCUT2D eigenvalue weighted by atomic mass is 10.2. The second-order valence-electron chi connectivity index (χ2n) is 6.23. The van der Waals surface area contributed by atoms with E-state index in [4.69, 9.17) is 14.2 Å². The largest absolute Gasteiger partial charge is 0.492 e. The molecule has 1 heterocycles. The Bertz CT molecular complexity index is 853. The number of methoxy groups -OCH3 is 3. The fourth-order valence-corrected chi connectivity index (χ4v) is 4.77. The summed E-state index contributed by atoms with van der Waals surface area (Å²) in [5, 5.41) is 0. The Kier molecular flexibility index (Phi) is 5.88. The van der Waals surface area contributed by atoms with Crippen LogP contribution in [0.4, 0.5) is 5.69 Å². The molecule has 146 valence electrons. The number of sulfonamides is 1. The molecule has 7 nitrogen and oxygen atoms in total. The lowest BCUT2D eigenvalue weighted by Crippen LogP contribution is -3.10. The Morgan fingerprint density at radius 1 is 0.889 bits per heavy atom. The molecular weight excluding hydrogens is 368 g/mol. The van der Waals surface area contributed by atoms with Crippen LogP contribution in [0.5, 0.6) is 17.2 Å². The van der Waals surface area contributed by atoms with Gasteiger partial charge in [-0.1, -0.05) is 18.2 Å². The Morgan fingerprint density at radius 2 is 1.44 bits per heavy atom. The van der Waals surface area contributed by atoms with E-state index in [0.29, 0.717) is 48.3 Å². The van der Waals surface area contributed by atoms with Crippen molar-refractivity contribution in [2.45, 2.75) is 4.90 Å². The molecule has 2 aromatic carbocycles. The minimum atomic E-state index is -3.45. The number of quaternary nitrogens is 1. The molecule has 0 saturated carbocycles. The summed E-state index contributed by atoms with van der Waals surface area (Å²) in [7, 11) is 1.28. The molecule has 0 aliphatic carbocycles. The molecular formula is C19H25N2O5S+. The monoisotopic (exact) mass is 393 g/mol. The van der Waals surface area contributed by atoms with E-state index in [1.807, 2.05) is 18.2 Å². The zero-order valence-electron chi connectivity index (χ0n) is 15.8. The van der Waals surface area contributed by atoms with Gasteiger partial charge in [-0.3, -0.25) is 0 Å². The van der Waals surface area contributed by atoms with Gasteiger partial charge in [-0.2, -0.15) is 4.31 Å². The highest BCUT2D eigenvalue weighted by atomic mass is 32.2. The minimum absolute atomic E-state index is 0.334. The lowest BCUT2D eigenvalue weighted by molar-refractivity contribution is -0.837. The number of benzene rings is 2. The van der Waals surface area contributed by atoms with Gasteiger partial charge in [0.2, 0.25) is 15.8 Å². The first-order chi connectivity index (χ1) is 13.0. The van der Waals surface area contributed by atoms with Crippen LogP contribution in [0.2, 0.25) is 0 Å². The molecule has 0 unspecified atom stereocenters. The molecule has 0 radical (unpaired) electrons. The zero-order chi connectivity index (χ0) is 19.4. The predicted molar refractivity (Wildman–Crippen MR) is 102 cm³/mol. The Labute approximate surface area is 160 Å². The molecule has 1 fully saturated rings. The third-order valence-electron chi connectivity index (χ3n) is 4.78. The van der Waals surface area contributed by atoms with Crippen LogP contribution in [0.3, 0.4) is 0 Å². The molecule has 1 aliphatic heterocycles. The number of hydrogen-bond donors (Lipinski definition) is 1. The third kappa shape index (κ3) is 3.87. The SMILES string of the molecule is COc1cc([NH+]2CCN(S(=O)(=O)c3ccccc3)CC2)cc(OC)c1OC. The Balaban J connectivity index is 1.78. The van der Waals surface area contributed by atoms with Crippen molar-refractivity contribution in [1.82, 2.24) is 4.31 Å². The number of piperazine rings is 1. The van der Waals surface area contributed by atoms with Crippen LogP contribution in [0, 0.1) is 0 Å². The fraction of sp³-hybridized carbons (Fsp3) is 0.368. The summed E-state index contributed by atoms with van der Waals surface area (Å²) in [5.74, 6) is 1.74. The zero-order valence-corrected chi connectivity index (χ0v) is 16.6. The van der Waals surface area contributed by atoms with Crippen LogP contribution in [-0.2, 0) is 10.0 Å². The van der Waals surface area contributed by atoms with E-state index in [1.165, 1.54) is 4.90 Å². The molecule has 0 aromatic heterocycles. The highest BCUT2D eigenvalue weighted by Gasteiger charge is 2.31. The van der Waals surface area contributed by atoms with E-state index in [2.05, 4.69) is 0 Å². The molecule has 0 bridgehead atoms. The van der Waals surface area contributed by atoms with Gasteiger partial charge in [-0.25, -0.2) is 8.42 Å². The summed E-state index contributed by atoms with van der Waals surface area (Å²) in [6.45, 7) is 2.21. The van der Waals surface area contributed by atoms with Crippen LogP contribution in [0.15, 0.2) is 47.4 Å². The first kappa shape index (κ1) is 19.5. The summed E-state index contributed by atoms with van der Waals surface area (Å²) in [5.41, 5.74) is 0.987. The molecule has 1 aliphatic rings. The second-order valence-corrected chi connectivity index (χ2v) is 8.17. The number of nitrogens with one attached hydrogen (secondary N) is 1. The maximum Gasteiger partial charge on any atom is 0.243 e. The summed E-state index contributed by atoms with van der Waals surface area (Å²) < 4.78 is 43.3. The molecule has 0 atom stereocenters. The van der Waals surface area contributed by atoms with Gasteiger partial charge >= 0.3 is 0 Å². The fourth-order valence-electron chi connectivity index (χ4n) is 3.31. The van der Waals surface area contributed by atoms with E-state index < -0.39 is 10.0 Å². The van der Waals surface area contributed by atoms with Crippen molar-refractivity contribution in [3.05, 3.63) is 42.5 Å². The van der Waals surface area contributed by atoms with E-state index in [9.17, 15) is 8.42 Å². The molecule has 1 N–H and O–H groups in total. The molecule has 27 heavy (non-hydrogen) atoms. The first-order valence-corrected chi connectivity index (χ1v) is 10.2. The number of nitrogens with zero attached hydrogens (tertiary/aromatic N) is 1. The van der Waals surface area contributed by atoms with Gasteiger partial charge < -0.3 is 19.1 Å². The van der Waals surface area contributed by atoms with Crippen molar-refractivity contribution < 1.29 is 27.5 Å².